The molecule has 0 radical (unpaired) electrons. The van der Waals surface area contributed by atoms with Crippen molar-refractivity contribution in [3.05, 3.63) is 247 Å². The van der Waals surface area contributed by atoms with Gasteiger partial charge in [0.05, 0.1) is 11.1 Å². The molecule has 0 bridgehead atoms. The van der Waals surface area contributed by atoms with E-state index in [4.69, 9.17) is 4.74 Å². The van der Waals surface area contributed by atoms with Gasteiger partial charge in [-0.05, 0) is 110 Å². The lowest BCUT2D eigenvalue weighted by molar-refractivity contribution is 0.436. The Hall–Kier alpha value is -7.72. The zero-order chi connectivity index (χ0) is 40.8. The van der Waals surface area contributed by atoms with Crippen LogP contribution >= 0.6 is 11.3 Å². The van der Waals surface area contributed by atoms with Gasteiger partial charge in [-0.2, -0.15) is 0 Å². The maximum absolute atomic E-state index is 6.64. The van der Waals surface area contributed by atoms with Crippen LogP contribution in [-0.2, 0) is 5.41 Å². The van der Waals surface area contributed by atoms with Crippen LogP contribution in [0.3, 0.4) is 0 Å². The summed E-state index contributed by atoms with van der Waals surface area (Å²) in [6, 6.07) is 82.1. The molecular formula is C59H37NOS. The van der Waals surface area contributed by atoms with E-state index in [1.807, 2.05) is 11.3 Å². The smallest absolute Gasteiger partial charge is 0.132 e. The zero-order valence-electron chi connectivity index (χ0n) is 33.6. The Bertz CT molecular complexity index is 3520. The second kappa shape index (κ2) is 13.7. The topological polar surface area (TPSA) is 12.5 Å². The Balaban J connectivity index is 1.04. The van der Waals surface area contributed by atoms with E-state index >= 15 is 0 Å². The van der Waals surface area contributed by atoms with E-state index in [0.717, 1.165) is 28.4 Å². The first kappa shape index (κ1) is 35.1. The first-order valence-electron chi connectivity index (χ1n) is 21.2. The van der Waals surface area contributed by atoms with Gasteiger partial charge in [0.2, 0.25) is 0 Å². The van der Waals surface area contributed by atoms with Gasteiger partial charge in [-0.3, -0.25) is 0 Å². The van der Waals surface area contributed by atoms with E-state index in [1.165, 1.54) is 86.7 Å². The number of hydrogen-bond acceptors (Lipinski definition) is 3. The molecule has 13 rings (SSSR count). The molecule has 2 heterocycles. The van der Waals surface area contributed by atoms with Gasteiger partial charge in [0, 0.05) is 42.7 Å². The fourth-order valence-electron chi connectivity index (χ4n) is 10.4. The van der Waals surface area contributed by atoms with Crippen LogP contribution in [0.15, 0.2) is 224 Å². The van der Waals surface area contributed by atoms with Gasteiger partial charge < -0.3 is 9.64 Å². The molecule has 0 fully saturated rings. The van der Waals surface area contributed by atoms with E-state index in [2.05, 4.69) is 229 Å². The van der Waals surface area contributed by atoms with E-state index < -0.39 is 5.41 Å². The van der Waals surface area contributed by atoms with Gasteiger partial charge in [0.15, 0.2) is 0 Å². The van der Waals surface area contributed by atoms with Crippen LogP contribution in [0.2, 0.25) is 0 Å². The number of nitrogens with zero attached hydrogens (tertiary/aromatic N) is 1. The molecule has 1 aliphatic heterocycles. The van der Waals surface area contributed by atoms with Gasteiger partial charge in [-0.15, -0.1) is 11.3 Å². The first-order valence-corrected chi connectivity index (χ1v) is 22.1. The summed E-state index contributed by atoms with van der Waals surface area (Å²) in [6.45, 7) is 0. The number of para-hydroxylation sites is 2. The van der Waals surface area contributed by atoms with Crippen LogP contribution in [0.25, 0.3) is 64.3 Å². The van der Waals surface area contributed by atoms with Crippen molar-refractivity contribution >= 4 is 59.3 Å². The molecule has 10 aromatic carbocycles. The molecule has 0 amide bonds. The van der Waals surface area contributed by atoms with Crippen molar-refractivity contribution in [1.29, 1.82) is 0 Å². The number of thiophene rings is 1. The number of benzene rings is 10. The minimum atomic E-state index is -0.534. The highest BCUT2D eigenvalue weighted by Crippen LogP contribution is 2.62. The fraction of sp³-hybridized carbons (Fsp3) is 0.0169. The van der Waals surface area contributed by atoms with E-state index in [9.17, 15) is 0 Å². The third-order valence-electron chi connectivity index (χ3n) is 13.1. The van der Waals surface area contributed by atoms with E-state index in [0.29, 0.717) is 0 Å². The van der Waals surface area contributed by atoms with Crippen molar-refractivity contribution in [3.8, 4) is 44.9 Å². The van der Waals surface area contributed by atoms with Crippen LogP contribution in [0.1, 0.15) is 22.3 Å². The molecule has 3 heteroatoms. The number of anilines is 3. The maximum Gasteiger partial charge on any atom is 0.132 e. The molecule has 0 saturated carbocycles. The first-order chi connectivity index (χ1) is 30.7. The predicted octanol–water partition coefficient (Wildman–Crippen LogP) is 16.5. The number of fused-ring (bicyclic) bond motifs is 14. The highest BCUT2D eigenvalue weighted by molar-refractivity contribution is 7.26. The molecule has 0 saturated heterocycles. The van der Waals surface area contributed by atoms with Gasteiger partial charge in [-0.1, -0.05) is 170 Å². The lowest BCUT2D eigenvalue weighted by Crippen LogP contribution is -2.32. The molecule has 1 aromatic heterocycles. The molecule has 1 aliphatic carbocycles. The Kier molecular flexibility index (Phi) is 7.72. The summed E-state index contributed by atoms with van der Waals surface area (Å²) >= 11 is 1.88. The highest BCUT2D eigenvalue weighted by Gasteiger charge is 2.51. The summed E-state index contributed by atoms with van der Waals surface area (Å²) in [5.74, 6) is 1.80. The van der Waals surface area contributed by atoms with E-state index in [-0.39, 0.29) is 0 Å². The fourth-order valence-corrected chi connectivity index (χ4v) is 11.7. The molecule has 11 aromatic rings. The molecule has 0 atom stereocenters. The second-order valence-corrected chi connectivity index (χ2v) is 17.4. The minimum Gasteiger partial charge on any atom is -0.457 e. The number of hydrogen-bond donors (Lipinski definition) is 0. The molecule has 2 aliphatic rings. The summed E-state index contributed by atoms with van der Waals surface area (Å²) in [5.41, 5.74) is 15.0. The maximum atomic E-state index is 6.64. The molecule has 0 unspecified atom stereocenters. The van der Waals surface area contributed by atoms with Gasteiger partial charge in [-0.25, -0.2) is 0 Å². The van der Waals surface area contributed by atoms with Crippen molar-refractivity contribution in [2.45, 2.75) is 5.41 Å². The molecule has 0 N–H and O–H groups in total. The van der Waals surface area contributed by atoms with Crippen molar-refractivity contribution in [2.75, 3.05) is 4.90 Å². The van der Waals surface area contributed by atoms with Gasteiger partial charge in [0.1, 0.15) is 11.5 Å². The Labute approximate surface area is 364 Å². The summed E-state index contributed by atoms with van der Waals surface area (Å²) < 4.78 is 9.24. The Morgan fingerprint density at radius 3 is 1.79 bits per heavy atom. The largest absolute Gasteiger partial charge is 0.457 e. The van der Waals surface area contributed by atoms with Gasteiger partial charge >= 0.3 is 0 Å². The molecule has 1 spiro atoms. The summed E-state index contributed by atoms with van der Waals surface area (Å²) in [6.07, 6.45) is 0. The average Bonchev–Trinajstić information content (AvgIpc) is 3.87. The Morgan fingerprint density at radius 1 is 0.387 bits per heavy atom. The van der Waals surface area contributed by atoms with Crippen LogP contribution in [0.4, 0.5) is 17.1 Å². The average molecular weight is 808 g/mol. The molecule has 290 valence electrons. The minimum absolute atomic E-state index is 0.534. The number of ether oxygens (including phenoxy) is 1. The third kappa shape index (κ3) is 5.09. The van der Waals surface area contributed by atoms with Crippen LogP contribution in [0.5, 0.6) is 11.5 Å². The highest BCUT2D eigenvalue weighted by atomic mass is 32.1. The van der Waals surface area contributed by atoms with Crippen molar-refractivity contribution < 1.29 is 4.74 Å². The van der Waals surface area contributed by atoms with Crippen LogP contribution in [0, 0.1) is 0 Å². The SMILES string of the molecule is c1ccc(-c2ccc(N(c3cccc(-c4ccc5c(c4)C4(c6ccccc6Oc6ccccc64)c4ccccc4-5)c3)c3cc4ccccc4c4sc5ccccc5c34)cc2)cc1. The van der Waals surface area contributed by atoms with Crippen molar-refractivity contribution in [3.63, 3.8) is 0 Å². The lowest BCUT2D eigenvalue weighted by Gasteiger charge is -2.39. The quantitative estimate of drug-likeness (QED) is 0.172. The lowest BCUT2D eigenvalue weighted by atomic mass is 9.66. The second-order valence-electron chi connectivity index (χ2n) is 16.4. The monoisotopic (exact) mass is 807 g/mol. The summed E-state index contributed by atoms with van der Waals surface area (Å²) in [7, 11) is 0. The third-order valence-corrected chi connectivity index (χ3v) is 14.3. The summed E-state index contributed by atoms with van der Waals surface area (Å²) in [4.78, 5) is 2.47. The van der Waals surface area contributed by atoms with Gasteiger partial charge in [0.25, 0.3) is 0 Å². The van der Waals surface area contributed by atoms with E-state index in [1.54, 1.807) is 0 Å². The normalized spacial score (nSPS) is 13.1. The molecule has 62 heavy (non-hydrogen) atoms. The molecule has 2 nitrogen and oxygen atoms in total. The number of rotatable bonds is 5. The van der Waals surface area contributed by atoms with Crippen LogP contribution in [-0.4, -0.2) is 0 Å². The van der Waals surface area contributed by atoms with Crippen molar-refractivity contribution in [1.82, 2.24) is 0 Å². The standard InChI is InChI=1S/C59H37NOS/c1-2-15-38(16-3-1)39-29-32-43(33-30-39)60(53-37-42-17-4-5-20-45(42)58-57(53)48-22-7-13-28-56(48)62-58)44-19-14-18-40(35-44)41-31-34-47-46-21-6-8-23-49(46)59(52(47)36-41)50-24-9-11-26-54(50)61-55-27-12-10-25-51(55)59/h1-37H. The molecular weight excluding hydrogens is 771 g/mol. The summed E-state index contributed by atoms with van der Waals surface area (Å²) in [5, 5.41) is 5.06. The van der Waals surface area contributed by atoms with Crippen molar-refractivity contribution in [2.24, 2.45) is 0 Å². The van der Waals surface area contributed by atoms with Crippen LogP contribution < -0.4 is 9.64 Å². The zero-order valence-corrected chi connectivity index (χ0v) is 34.4. The predicted molar refractivity (Wildman–Crippen MR) is 260 cm³/mol. The Morgan fingerprint density at radius 2 is 0.984 bits per heavy atom.